The van der Waals surface area contributed by atoms with E-state index in [2.05, 4.69) is 45.1 Å². The summed E-state index contributed by atoms with van der Waals surface area (Å²) < 4.78 is 2.00. The third-order valence-electron chi connectivity index (χ3n) is 3.35. The zero-order valence-corrected chi connectivity index (χ0v) is 14.1. The van der Waals surface area contributed by atoms with Crippen molar-refractivity contribution in [2.45, 2.75) is 39.3 Å². The molecule has 1 N–H and O–H groups in total. The van der Waals surface area contributed by atoms with Gasteiger partial charge in [0, 0.05) is 12.1 Å². The largest absolute Gasteiger partial charge is 0.381 e. The molecule has 19 heavy (non-hydrogen) atoms. The quantitative estimate of drug-likeness (QED) is 0.900. The van der Waals surface area contributed by atoms with E-state index in [4.69, 9.17) is 0 Å². The summed E-state index contributed by atoms with van der Waals surface area (Å²) in [6.07, 6.45) is 1.69. The Morgan fingerprint density at radius 1 is 1.47 bits per heavy atom. The van der Waals surface area contributed by atoms with Gasteiger partial charge in [0.1, 0.15) is 4.47 Å². The van der Waals surface area contributed by atoms with Crippen molar-refractivity contribution in [2.75, 3.05) is 26.0 Å². The maximum atomic E-state index is 12.1. The van der Waals surface area contributed by atoms with Crippen LogP contribution in [0.3, 0.4) is 0 Å². The normalized spacial score (nSPS) is 12.3. The van der Waals surface area contributed by atoms with Gasteiger partial charge in [-0.1, -0.05) is 0 Å². The predicted octanol–water partition coefficient (Wildman–Crippen LogP) is 2.34. The lowest BCUT2D eigenvalue weighted by atomic mass is 10.0. The molecule has 6 heteroatoms. The minimum atomic E-state index is -0.109. The van der Waals surface area contributed by atoms with E-state index in [0.29, 0.717) is 4.47 Å². The van der Waals surface area contributed by atoms with Crippen LogP contribution in [0, 0.1) is 0 Å². The van der Waals surface area contributed by atoms with Gasteiger partial charge in [0.05, 0.1) is 17.9 Å². The highest BCUT2D eigenvalue weighted by Crippen LogP contribution is 2.19. The molecule has 1 aromatic rings. The van der Waals surface area contributed by atoms with E-state index >= 15 is 0 Å². The molecule has 0 aliphatic rings. The van der Waals surface area contributed by atoms with Crippen molar-refractivity contribution in [1.82, 2.24) is 14.7 Å². The Morgan fingerprint density at radius 3 is 2.53 bits per heavy atom. The number of likely N-dealkylation sites (N-methyl/N-ethyl adjacent to an activating group) is 1. The first kappa shape index (κ1) is 16.2. The molecular weight excluding hydrogens is 308 g/mol. The Kier molecular flexibility index (Phi) is 5.15. The summed E-state index contributed by atoms with van der Waals surface area (Å²) in [5, 5.41) is 7.46. The molecule has 0 aliphatic carbocycles. The molecule has 0 spiro atoms. The van der Waals surface area contributed by atoms with Crippen LogP contribution in [0.4, 0.5) is 5.69 Å². The van der Waals surface area contributed by atoms with Crippen molar-refractivity contribution < 1.29 is 0 Å². The van der Waals surface area contributed by atoms with Crippen LogP contribution in [0.2, 0.25) is 0 Å². The highest BCUT2D eigenvalue weighted by Gasteiger charge is 2.21. The van der Waals surface area contributed by atoms with Crippen molar-refractivity contribution in [2.24, 2.45) is 0 Å². The lowest BCUT2D eigenvalue weighted by molar-refractivity contribution is 0.210. The van der Waals surface area contributed by atoms with Crippen molar-refractivity contribution in [3.63, 3.8) is 0 Å². The van der Waals surface area contributed by atoms with Crippen LogP contribution in [0.5, 0.6) is 0 Å². The van der Waals surface area contributed by atoms with Crippen LogP contribution >= 0.6 is 15.9 Å². The molecule has 0 atom stereocenters. The monoisotopic (exact) mass is 330 g/mol. The Bertz CT molecular complexity index is 494. The summed E-state index contributed by atoms with van der Waals surface area (Å²) in [6.45, 7) is 8.87. The number of aromatic nitrogens is 2. The highest BCUT2D eigenvalue weighted by atomic mass is 79.9. The Hall–Kier alpha value is -0.880. The van der Waals surface area contributed by atoms with Crippen LogP contribution in [-0.4, -0.2) is 40.9 Å². The van der Waals surface area contributed by atoms with Crippen LogP contribution in [0.1, 0.15) is 33.7 Å². The fourth-order valence-electron chi connectivity index (χ4n) is 1.41. The zero-order chi connectivity index (χ0) is 14.8. The van der Waals surface area contributed by atoms with E-state index < -0.39 is 0 Å². The molecule has 0 aromatic carbocycles. The molecule has 0 unspecified atom stereocenters. The SMILES string of the molecule is CC(C)n1ncc(NCC(C)(C)N(C)C)c(Br)c1=O. The molecule has 0 saturated carbocycles. The molecular formula is C13H23BrN4O. The molecule has 5 nitrogen and oxygen atoms in total. The fraction of sp³-hybridized carbons (Fsp3) is 0.692. The van der Waals surface area contributed by atoms with Crippen LogP contribution in [0.15, 0.2) is 15.5 Å². The Balaban J connectivity index is 2.93. The topological polar surface area (TPSA) is 50.2 Å². The third kappa shape index (κ3) is 3.79. The van der Waals surface area contributed by atoms with E-state index in [1.165, 1.54) is 4.68 Å². The van der Waals surface area contributed by atoms with E-state index in [1.807, 2.05) is 27.9 Å². The van der Waals surface area contributed by atoms with Gasteiger partial charge >= 0.3 is 0 Å². The molecule has 0 radical (unpaired) electrons. The van der Waals surface area contributed by atoms with Crippen LogP contribution in [-0.2, 0) is 0 Å². The number of hydrogen-bond donors (Lipinski definition) is 1. The highest BCUT2D eigenvalue weighted by molar-refractivity contribution is 9.10. The van der Waals surface area contributed by atoms with Gasteiger partial charge < -0.3 is 10.2 Å². The number of rotatable bonds is 5. The zero-order valence-electron chi connectivity index (χ0n) is 12.5. The minimum Gasteiger partial charge on any atom is -0.381 e. The number of nitrogens with one attached hydrogen (secondary N) is 1. The number of anilines is 1. The van der Waals surface area contributed by atoms with Gasteiger partial charge in [-0.2, -0.15) is 5.10 Å². The van der Waals surface area contributed by atoms with E-state index in [-0.39, 0.29) is 17.1 Å². The van der Waals surface area contributed by atoms with Gasteiger partial charge in [-0.25, -0.2) is 4.68 Å². The lowest BCUT2D eigenvalue weighted by Gasteiger charge is -2.33. The summed E-state index contributed by atoms with van der Waals surface area (Å²) in [4.78, 5) is 14.2. The van der Waals surface area contributed by atoms with Gasteiger partial charge in [-0.05, 0) is 57.7 Å². The second-order valence-electron chi connectivity index (χ2n) is 5.78. The maximum absolute atomic E-state index is 12.1. The lowest BCUT2D eigenvalue weighted by Crippen LogP contribution is -2.44. The summed E-state index contributed by atoms with van der Waals surface area (Å²) in [7, 11) is 4.07. The first-order valence-electron chi connectivity index (χ1n) is 6.35. The standard InChI is InChI=1S/C13H23BrN4O/c1-9(2)18-12(19)11(14)10(7-16-18)15-8-13(3,4)17(5)6/h7,9,15H,8H2,1-6H3. The first-order valence-corrected chi connectivity index (χ1v) is 7.14. The Morgan fingerprint density at radius 2 is 2.05 bits per heavy atom. The average molecular weight is 331 g/mol. The van der Waals surface area contributed by atoms with Crippen LogP contribution < -0.4 is 10.9 Å². The molecule has 0 amide bonds. The molecule has 1 aromatic heterocycles. The van der Waals surface area contributed by atoms with Crippen molar-refractivity contribution in [1.29, 1.82) is 0 Å². The van der Waals surface area contributed by atoms with Gasteiger partial charge in [0.15, 0.2) is 0 Å². The van der Waals surface area contributed by atoms with E-state index in [0.717, 1.165) is 12.2 Å². The number of nitrogens with zero attached hydrogens (tertiary/aromatic N) is 3. The van der Waals surface area contributed by atoms with E-state index in [9.17, 15) is 4.79 Å². The van der Waals surface area contributed by atoms with Crippen molar-refractivity contribution in [3.8, 4) is 0 Å². The molecule has 0 bridgehead atoms. The molecule has 0 fully saturated rings. The molecule has 0 saturated heterocycles. The molecule has 1 rings (SSSR count). The average Bonchev–Trinajstić information content (AvgIpc) is 2.30. The maximum Gasteiger partial charge on any atom is 0.283 e. The summed E-state index contributed by atoms with van der Waals surface area (Å²) in [5.74, 6) is 0. The summed E-state index contributed by atoms with van der Waals surface area (Å²) in [6, 6.07) is 0.0519. The first-order chi connectivity index (χ1) is 8.66. The molecule has 0 aliphatic heterocycles. The predicted molar refractivity (Wildman–Crippen MR) is 82.8 cm³/mol. The number of halogens is 1. The minimum absolute atomic E-state index is 0.00759. The van der Waals surface area contributed by atoms with Gasteiger partial charge in [0.25, 0.3) is 5.56 Å². The third-order valence-corrected chi connectivity index (χ3v) is 4.12. The fourth-order valence-corrected chi connectivity index (χ4v) is 1.83. The van der Waals surface area contributed by atoms with Gasteiger partial charge in [-0.15, -0.1) is 0 Å². The van der Waals surface area contributed by atoms with Gasteiger partial charge in [0.2, 0.25) is 0 Å². The van der Waals surface area contributed by atoms with Crippen LogP contribution in [0.25, 0.3) is 0 Å². The van der Waals surface area contributed by atoms with Crippen molar-refractivity contribution in [3.05, 3.63) is 21.0 Å². The smallest absolute Gasteiger partial charge is 0.283 e. The Labute approximate surface area is 123 Å². The molecule has 1 heterocycles. The molecule has 108 valence electrons. The second-order valence-corrected chi connectivity index (χ2v) is 6.57. The number of hydrogen-bond acceptors (Lipinski definition) is 4. The summed E-state index contributed by atoms with van der Waals surface area (Å²) >= 11 is 3.35. The summed E-state index contributed by atoms with van der Waals surface area (Å²) in [5.41, 5.74) is 0.617. The second kappa shape index (κ2) is 6.05. The van der Waals surface area contributed by atoms with Crippen molar-refractivity contribution >= 4 is 21.6 Å². The van der Waals surface area contributed by atoms with Gasteiger partial charge in [-0.3, -0.25) is 4.79 Å². The van der Waals surface area contributed by atoms with E-state index in [1.54, 1.807) is 6.20 Å².